The standard InChI is InChI=1S/C10H15NO2S/c1-2-8-3-9(6-11)5-10(4-8)7-14(12)13/h3-5H,2,6-7,11H2,1H3,(H,12,13). The van der Waals surface area contributed by atoms with Gasteiger partial charge in [0.1, 0.15) is 0 Å². The Hall–Kier alpha value is -0.710. The molecule has 1 aromatic carbocycles. The van der Waals surface area contributed by atoms with Crippen LogP contribution in [0.5, 0.6) is 0 Å². The highest BCUT2D eigenvalue weighted by atomic mass is 32.2. The molecule has 0 aliphatic rings. The number of rotatable bonds is 4. The molecule has 3 N–H and O–H groups in total. The van der Waals surface area contributed by atoms with E-state index in [0.717, 1.165) is 23.1 Å². The van der Waals surface area contributed by atoms with Crippen molar-refractivity contribution in [3.05, 3.63) is 34.9 Å². The molecule has 0 bridgehead atoms. The molecule has 0 fully saturated rings. The zero-order chi connectivity index (χ0) is 10.6. The predicted octanol–water partition coefficient (Wildman–Crippen LogP) is 1.43. The molecule has 0 spiro atoms. The van der Waals surface area contributed by atoms with Crippen LogP contribution in [0, 0.1) is 0 Å². The third-order valence-corrected chi connectivity index (χ3v) is 2.63. The van der Waals surface area contributed by atoms with Gasteiger partial charge in [0, 0.05) is 6.54 Å². The molecular weight excluding hydrogens is 198 g/mol. The zero-order valence-electron chi connectivity index (χ0n) is 8.19. The molecule has 0 heterocycles. The van der Waals surface area contributed by atoms with Crippen molar-refractivity contribution in [3.8, 4) is 0 Å². The van der Waals surface area contributed by atoms with Crippen molar-refractivity contribution in [2.75, 3.05) is 0 Å². The largest absolute Gasteiger partial charge is 0.326 e. The second kappa shape index (κ2) is 5.24. The van der Waals surface area contributed by atoms with Crippen LogP contribution in [0.3, 0.4) is 0 Å². The normalized spacial score (nSPS) is 12.8. The lowest BCUT2D eigenvalue weighted by Gasteiger charge is -2.05. The Morgan fingerprint density at radius 2 is 1.86 bits per heavy atom. The number of hydrogen-bond donors (Lipinski definition) is 2. The highest BCUT2D eigenvalue weighted by Crippen LogP contribution is 2.12. The second-order valence-electron chi connectivity index (χ2n) is 3.18. The lowest BCUT2D eigenvalue weighted by Crippen LogP contribution is -2.01. The first-order valence-corrected chi connectivity index (χ1v) is 5.82. The Morgan fingerprint density at radius 1 is 1.29 bits per heavy atom. The van der Waals surface area contributed by atoms with Gasteiger partial charge >= 0.3 is 0 Å². The molecule has 0 radical (unpaired) electrons. The molecule has 1 rings (SSSR count). The second-order valence-corrected chi connectivity index (χ2v) is 4.11. The molecule has 1 aromatic rings. The van der Waals surface area contributed by atoms with Gasteiger partial charge in [-0.05, 0) is 23.1 Å². The Balaban J connectivity index is 2.98. The van der Waals surface area contributed by atoms with Crippen LogP contribution in [0.4, 0.5) is 0 Å². The quantitative estimate of drug-likeness (QED) is 0.744. The van der Waals surface area contributed by atoms with E-state index >= 15 is 0 Å². The Kier molecular flexibility index (Phi) is 4.25. The van der Waals surface area contributed by atoms with Gasteiger partial charge in [0.25, 0.3) is 0 Å². The van der Waals surface area contributed by atoms with Crippen LogP contribution in [0.15, 0.2) is 18.2 Å². The summed E-state index contributed by atoms with van der Waals surface area (Å²) in [5.74, 6) is 0.181. The molecule has 0 saturated carbocycles. The van der Waals surface area contributed by atoms with Crippen LogP contribution < -0.4 is 5.73 Å². The first kappa shape index (κ1) is 11.4. The minimum Gasteiger partial charge on any atom is -0.326 e. The molecule has 0 aromatic heterocycles. The fourth-order valence-corrected chi connectivity index (χ4v) is 1.84. The minimum absolute atomic E-state index is 0.181. The molecule has 0 aliphatic carbocycles. The van der Waals surface area contributed by atoms with Crippen LogP contribution in [-0.4, -0.2) is 8.76 Å². The average molecular weight is 213 g/mol. The van der Waals surface area contributed by atoms with Gasteiger partial charge in [-0.15, -0.1) is 0 Å². The lowest BCUT2D eigenvalue weighted by molar-refractivity contribution is 0.563. The number of hydrogen-bond acceptors (Lipinski definition) is 2. The topological polar surface area (TPSA) is 63.3 Å². The maximum absolute atomic E-state index is 10.6. The van der Waals surface area contributed by atoms with Crippen molar-refractivity contribution >= 4 is 11.1 Å². The molecule has 0 saturated heterocycles. The molecule has 1 atom stereocenters. The van der Waals surface area contributed by atoms with Crippen molar-refractivity contribution in [2.24, 2.45) is 5.73 Å². The summed E-state index contributed by atoms with van der Waals surface area (Å²) >= 11 is -1.78. The molecule has 0 amide bonds. The molecule has 1 unspecified atom stereocenters. The molecule has 4 heteroatoms. The van der Waals surface area contributed by atoms with E-state index in [1.165, 1.54) is 0 Å². The Bertz CT molecular complexity index is 317. The first-order chi connectivity index (χ1) is 6.65. The summed E-state index contributed by atoms with van der Waals surface area (Å²) in [5, 5.41) is 0. The summed E-state index contributed by atoms with van der Waals surface area (Å²) in [6.07, 6.45) is 0.916. The van der Waals surface area contributed by atoms with E-state index in [1.807, 2.05) is 18.2 Å². The SMILES string of the molecule is CCc1cc(CN)cc(CS(=O)O)c1. The van der Waals surface area contributed by atoms with Gasteiger partial charge in [-0.1, -0.05) is 25.1 Å². The fourth-order valence-electron chi connectivity index (χ4n) is 1.39. The van der Waals surface area contributed by atoms with Gasteiger partial charge in [-0.2, -0.15) is 0 Å². The van der Waals surface area contributed by atoms with E-state index in [2.05, 4.69) is 6.92 Å². The van der Waals surface area contributed by atoms with Crippen molar-refractivity contribution in [1.29, 1.82) is 0 Å². The maximum atomic E-state index is 10.6. The van der Waals surface area contributed by atoms with Gasteiger partial charge in [-0.25, -0.2) is 4.21 Å². The van der Waals surface area contributed by atoms with Crippen LogP contribution in [-0.2, 0) is 29.8 Å². The lowest BCUT2D eigenvalue weighted by atomic mass is 10.1. The Labute approximate surface area is 86.6 Å². The smallest absolute Gasteiger partial charge is 0.157 e. The van der Waals surface area contributed by atoms with E-state index in [4.69, 9.17) is 10.3 Å². The minimum atomic E-state index is -1.78. The molecule has 3 nitrogen and oxygen atoms in total. The highest BCUT2D eigenvalue weighted by Gasteiger charge is 2.02. The fraction of sp³-hybridized carbons (Fsp3) is 0.400. The summed E-state index contributed by atoms with van der Waals surface area (Å²) < 4.78 is 19.4. The Morgan fingerprint density at radius 3 is 2.36 bits per heavy atom. The van der Waals surface area contributed by atoms with Crippen LogP contribution in [0.1, 0.15) is 23.6 Å². The molecule has 0 aliphatic heterocycles. The van der Waals surface area contributed by atoms with Crippen LogP contribution in [0.2, 0.25) is 0 Å². The molecule has 14 heavy (non-hydrogen) atoms. The zero-order valence-corrected chi connectivity index (χ0v) is 9.01. The number of nitrogens with two attached hydrogens (primary N) is 1. The van der Waals surface area contributed by atoms with Crippen molar-refractivity contribution < 1.29 is 8.76 Å². The third kappa shape index (κ3) is 3.21. The monoisotopic (exact) mass is 213 g/mol. The van der Waals surface area contributed by atoms with E-state index in [0.29, 0.717) is 6.54 Å². The van der Waals surface area contributed by atoms with Gasteiger partial charge in [-0.3, -0.25) is 0 Å². The van der Waals surface area contributed by atoms with Crippen LogP contribution >= 0.6 is 0 Å². The summed E-state index contributed by atoms with van der Waals surface area (Å²) in [7, 11) is 0. The predicted molar refractivity (Wildman–Crippen MR) is 58.2 cm³/mol. The summed E-state index contributed by atoms with van der Waals surface area (Å²) in [6, 6.07) is 5.87. The van der Waals surface area contributed by atoms with Gasteiger partial charge < -0.3 is 10.3 Å². The van der Waals surface area contributed by atoms with Gasteiger partial charge in [0.15, 0.2) is 11.1 Å². The maximum Gasteiger partial charge on any atom is 0.157 e. The number of benzene rings is 1. The summed E-state index contributed by atoms with van der Waals surface area (Å²) in [5.41, 5.74) is 8.59. The van der Waals surface area contributed by atoms with Crippen molar-refractivity contribution in [3.63, 3.8) is 0 Å². The van der Waals surface area contributed by atoms with E-state index in [9.17, 15) is 4.21 Å². The van der Waals surface area contributed by atoms with E-state index in [1.54, 1.807) is 0 Å². The number of aryl methyl sites for hydroxylation is 1. The summed E-state index contributed by atoms with van der Waals surface area (Å²) in [6.45, 7) is 2.52. The van der Waals surface area contributed by atoms with Gasteiger partial charge in [0.05, 0.1) is 5.75 Å². The van der Waals surface area contributed by atoms with Crippen molar-refractivity contribution in [1.82, 2.24) is 0 Å². The van der Waals surface area contributed by atoms with Crippen molar-refractivity contribution in [2.45, 2.75) is 25.6 Å². The average Bonchev–Trinajstić information content (AvgIpc) is 2.16. The highest BCUT2D eigenvalue weighted by molar-refractivity contribution is 7.78. The van der Waals surface area contributed by atoms with E-state index < -0.39 is 11.1 Å². The van der Waals surface area contributed by atoms with Gasteiger partial charge in [0.2, 0.25) is 0 Å². The first-order valence-electron chi connectivity index (χ1n) is 4.55. The van der Waals surface area contributed by atoms with Crippen LogP contribution in [0.25, 0.3) is 0 Å². The summed E-state index contributed by atoms with van der Waals surface area (Å²) in [4.78, 5) is 0. The third-order valence-electron chi connectivity index (χ3n) is 2.05. The van der Waals surface area contributed by atoms with E-state index in [-0.39, 0.29) is 5.75 Å². The molecule has 78 valence electrons. The molecular formula is C10H15NO2S.